The lowest BCUT2D eigenvalue weighted by Gasteiger charge is -2.18. The number of phenolic OH excluding ortho intramolecular Hbond substituents is 1. The number of phenols is 1. The van der Waals surface area contributed by atoms with Crippen molar-refractivity contribution in [1.82, 2.24) is 4.98 Å². The van der Waals surface area contributed by atoms with Crippen LogP contribution in [0.3, 0.4) is 0 Å². The molecule has 0 radical (unpaired) electrons. The molecule has 1 aromatic heterocycles. The second-order valence-corrected chi connectivity index (χ2v) is 5.10. The molecule has 0 aliphatic heterocycles. The fraction of sp³-hybridized carbons (Fsp3) is 0.0588. The summed E-state index contributed by atoms with van der Waals surface area (Å²) in [5.74, 6) is -0.916. The highest BCUT2D eigenvalue weighted by atomic mass is 16.3. The van der Waals surface area contributed by atoms with Crippen LogP contribution in [0.4, 0.5) is 5.69 Å². The van der Waals surface area contributed by atoms with Gasteiger partial charge in [0.15, 0.2) is 0 Å². The van der Waals surface area contributed by atoms with E-state index in [1.165, 1.54) is 24.1 Å². The lowest BCUT2D eigenvalue weighted by Crippen LogP contribution is -2.31. The Bertz CT molecular complexity index is 945. The molecule has 6 heteroatoms. The molecule has 1 heterocycles. The van der Waals surface area contributed by atoms with Crippen molar-refractivity contribution in [2.45, 2.75) is 0 Å². The van der Waals surface area contributed by atoms with Gasteiger partial charge in [-0.15, -0.1) is 0 Å². The van der Waals surface area contributed by atoms with E-state index in [2.05, 4.69) is 4.98 Å². The Morgan fingerprint density at radius 2 is 1.70 bits per heavy atom. The molecule has 0 saturated heterocycles. The zero-order valence-electron chi connectivity index (χ0n) is 12.3. The fourth-order valence-electron chi connectivity index (χ4n) is 2.39. The first-order valence-electron chi connectivity index (χ1n) is 6.90. The minimum atomic E-state index is -0.656. The molecule has 0 saturated carbocycles. The van der Waals surface area contributed by atoms with E-state index >= 15 is 0 Å². The maximum Gasteiger partial charge on any atom is 0.267 e. The van der Waals surface area contributed by atoms with Gasteiger partial charge in [-0.2, -0.15) is 0 Å². The maximum absolute atomic E-state index is 12.6. The van der Waals surface area contributed by atoms with Crippen molar-refractivity contribution >= 4 is 22.5 Å². The van der Waals surface area contributed by atoms with E-state index in [1.54, 1.807) is 36.4 Å². The van der Waals surface area contributed by atoms with Crippen molar-refractivity contribution in [3.05, 3.63) is 64.4 Å². The third-order valence-electron chi connectivity index (χ3n) is 3.65. The minimum absolute atomic E-state index is 0.0704. The summed E-state index contributed by atoms with van der Waals surface area (Å²) in [6.07, 6.45) is 0. The predicted octanol–water partition coefficient (Wildman–Crippen LogP) is 2.22. The Morgan fingerprint density at radius 1 is 1.04 bits per heavy atom. The second kappa shape index (κ2) is 5.49. The summed E-state index contributed by atoms with van der Waals surface area (Å²) in [4.78, 5) is 28.6. The third-order valence-corrected chi connectivity index (χ3v) is 3.65. The van der Waals surface area contributed by atoms with E-state index in [0.717, 1.165) is 0 Å². The van der Waals surface area contributed by atoms with Crippen LogP contribution in [0, 0.1) is 0 Å². The van der Waals surface area contributed by atoms with Crippen molar-refractivity contribution in [2.24, 2.45) is 0 Å². The van der Waals surface area contributed by atoms with E-state index < -0.39 is 11.5 Å². The highest BCUT2D eigenvalue weighted by molar-refractivity contribution is 6.10. The van der Waals surface area contributed by atoms with Gasteiger partial charge in [0, 0.05) is 18.1 Å². The first kappa shape index (κ1) is 14.6. The molecule has 3 aromatic rings. The van der Waals surface area contributed by atoms with Crippen LogP contribution in [0.2, 0.25) is 0 Å². The molecule has 0 atom stereocenters. The van der Waals surface area contributed by atoms with Gasteiger partial charge in [-0.25, -0.2) is 0 Å². The van der Waals surface area contributed by atoms with Gasteiger partial charge >= 0.3 is 0 Å². The molecule has 0 spiro atoms. The van der Waals surface area contributed by atoms with E-state index in [4.69, 9.17) is 0 Å². The number of hydrogen-bond acceptors (Lipinski definition) is 4. The number of aromatic nitrogens is 1. The van der Waals surface area contributed by atoms with Gasteiger partial charge in [0.2, 0.25) is 0 Å². The van der Waals surface area contributed by atoms with E-state index in [1.807, 2.05) is 0 Å². The van der Waals surface area contributed by atoms with Crippen LogP contribution in [-0.2, 0) is 0 Å². The lowest BCUT2D eigenvalue weighted by atomic mass is 10.1. The van der Waals surface area contributed by atoms with Crippen LogP contribution >= 0.6 is 0 Å². The summed E-state index contributed by atoms with van der Waals surface area (Å²) in [5, 5.41) is 20.0. The summed E-state index contributed by atoms with van der Waals surface area (Å²) in [7, 11) is 1.49. The third kappa shape index (κ3) is 2.50. The molecular weight excluding hydrogens is 296 g/mol. The number of aromatic amines is 1. The molecule has 3 rings (SSSR count). The molecule has 23 heavy (non-hydrogen) atoms. The number of aromatic hydroxyl groups is 2. The van der Waals surface area contributed by atoms with E-state index in [0.29, 0.717) is 16.6 Å². The monoisotopic (exact) mass is 310 g/mol. The van der Waals surface area contributed by atoms with Crippen LogP contribution in [0.5, 0.6) is 11.5 Å². The Hall–Kier alpha value is -3.28. The van der Waals surface area contributed by atoms with Crippen molar-refractivity contribution in [3.63, 3.8) is 0 Å². The minimum Gasteiger partial charge on any atom is -0.508 e. The summed E-state index contributed by atoms with van der Waals surface area (Å²) in [6.45, 7) is 0. The molecule has 0 aliphatic carbocycles. The average molecular weight is 310 g/mol. The normalized spacial score (nSPS) is 10.7. The van der Waals surface area contributed by atoms with Crippen molar-refractivity contribution in [1.29, 1.82) is 0 Å². The topological polar surface area (TPSA) is 93.6 Å². The number of para-hydroxylation sites is 1. The van der Waals surface area contributed by atoms with E-state index in [9.17, 15) is 19.8 Å². The van der Waals surface area contributed by atoms with Crippen molar-refractivity contribution in [3.8, 4) is 11.5 Å². The van der Waals surface area contributed by atoms with Crippen LogP contribution in [0.25, 0.3) is 10.9 Å². The summed E-state index contributed by atoms with van der Waals surface area (Å²) in [6, 6.07) is 12.7. The molecule has 6 nitrogen and oxygen atoms in total. The standard InChI is InChI=1S/C17H14N2O4/c1-19(10-6-8-11(20)9-7-10)17(23)14-15(21)12-4-2-3-5-13(12)18-16(14)22/h2-9,20H,1H3,(H2,18,21,22). The van der Waals surface area contributed by atoms with Gasteiger partial charge < -0.3 is 20.1 Å². The summed E-state index contributed by atoms with van der Waals surface area (Å²) < 4.78 is 0. The molecule has 2 aromatic carbocycles. The average Bonchev–Trinajstić information content (AvgIpc) is 2.54. The molecular formula is C17H14N2O4. The summed E-state index contributed by atoms with van der Waals surface area (Å²) >= 11 is 0. The van der Waals surface area contributed by atoms with Gasteiger partial charge in [0.1, 0.15) is 17.1 Å². The summed E-state index contributed by atoms with van der Waals surface area (Å²) in [5.41, 5.74) is -0.0327. The smallest absolute Gasteiger partial charge is 0.267 e. The van der Waals surface area contributed by atoms with Gasteiger partial charge in [-0.1, -0.05) is 12.1 Å². The Morgan fingerprint density at radius 3 is 2.39 bits per heavy atom. The van der Waals surface area contributed by atoms with E-state index in [-0.39, 0.29) is 17.1 Å². The Kier molecular flexibility index (Phi) is 3.50. The molecule has 116 valence electrons. The first-order valence-corrected chi connectivity index (χ1v) is 6.90. The maximum atomic E-state index is 12.6. The lowest BCUT2D eigenvalue weighted by molar-refractivity contribution is 0.0989. The fourth-order valence-corrected chi connectivity index (χ4v) is 2.39. The predicted molar refractivity (Wildman–Crippen MR) is 87.1 cm³/mol. The van der Waals surface area contributed by atoms with Crippen LogP contribution in [-0.4, -0.2) is 28.2 Å². The first-order chi connectivity index (χ1) is 11.0. The Balaban J connectivity index is 2.10. The number of carbonyl (C=O) groups excluding carboxylic acids is 1. The zero-order valence-corrected chi connectivity index (χ0v) is 12.3. The number of fused-ring (bicyclic) bond motifs is 1. The molecule has 0 unspecified atom stereocenters. The van der Waals surface area contributed by atoms with Crippen LogP contribution < -0.4 is 10.5 Å². The second-order valence-electron chi connectivity index (χ2n) is 5.10. The largest absolute Gasteiger partial charge is 0.508 e. The number of pyridine rings is 1. The van der Waals surface area contributed by atoms with Crippen LogP contribution in [0.15, 0.2) is 53.3 Å². The van der Waals surface area contributed by atoms with Gasteiger partial charge in [-0.3, -0.25) is 9.59 Å². The number of nitrogens with one attached hydrogen (secondary N) is 1. The van der Waals surface area contributed by atoms with Gasteiger partial charge in [0.05, 0.1) is 5.52 Å². The highest BCUT2D eigenvalue weighted by Gasteiger charge is 2.23. The molecule has 1 amide bonds. The number of carbonyl (C=O) groups is 1. The highest BCUT2D eigenvalue weighted by Crippen LogP contribution is 2.26. The quantitative estimate of drug-likeness (QED) is 0.676. The Labute approximate surface area is 131 Å². The number of anilines is 1. The molecule has 3 N–H and O–H groups in total. The van der Waals surface area contributed by atoms with Gasteiger partial charge in [-0.05, 0) is 36.4 Å². The van der Waals surface area contributed by atoms with Gasteiger partial charge in [0.25, 0.3) is 11.5 Å². The number of rotatable bonds is 2. The van der Waals surface area contributed by atoms with Crippen molar-refractivity contribution in [2.75, 3.05) is 11.9 Å². The number of H-pyrrole nitrogens is 1. The zero-order chi connectivity index (χ0) is 16.6. The molecule has 0 fully saturated rings. The number of hydrogen-bond donors (Lipinski definition) is 3. The van der Waals surface area contributed by atoms with Crippen LogP contribution in [0.1, 0.15) is 10.4 Å². The SMILES string of the molecule is CN(C(=O)c1c(O)c2ccccc2[nH]c1=O)c1ccc(O)cc1. The van der Waals surface area contributed by atoms with Crippen molar-refractivity contribution < 1.29 is 15.0 Å². The number of amides is 1. The molecule has 0 bridgehead atoms. The number of benzene rings is 2. The number of nitrogens with zero attached hydrogens (tertiary/aromatic N) is 1. The molecule has 0 aliphatic rings.